The molecular formula is C13H25NO6Si. The van der Waals surface area contributed by atoms with Crippen molar-refractivity contribution in [2.75, 3.05) is 13.7 Å². The highest BCUT2D eigenvalue weighted by Gasteiger charge is 2.45. The maximum atomic E-state index is 11.4. The van der Waals surface area contributed by atoms with E-state index in [1.54, 1.807) is 0 Å². The number of aliphatic hydroxyl groups excluding tert-OH is 1. The van der Waals surface area contributed by atoms with Gasteiger partial charge < -0.3 is 24.3 Å². The largest absolute Gasteiger partial charge is 0.467 e. The molecule has 0 radical (unpaired) electrons. The van der Waals surface area contributed by atoms with Gasteiger partial charge >= 0.3 is 12.1 Å². The minimum Gasteiger partial charge on any atom is -0.467 e. The molecule has 122 valence electrons. The number of esters is 1. The lowest BCUT2D eigenvalue weighted by Crippen LogP contribution is -2.50. The highest BCUT2D eigenvalue weighted by atomic mass is 28.4. The molecular weight excluding hydrogens is 294 g/mol. The van der Waals surface area contributed by atoms with Crippen LogP contribution in [-0.2, 0) is 18.7 Å². The van der Waals surface area contributed by atoms with Crippen molar-refractivity contribution >= 4 is 20.4 Å². The standard InChI is InChI=1S/C13H25NO6Si/c1-13(2,3)21(5,6)19-7-8-10(20-12(17)14-8)9(15)11(16)18-4/h8-10,15H,7H2,1-6H3,(H,14,17)/t8-,9+,10+/m1/s1. The van der Waals surface area contributed by atoms with Gasteiger partial charge in [-0.3, -0.25) is 0 Å². The molecule has 1 rings (SSSR count). The van der Waals surface area contributed by atoms with E-state index in [0.29, 0.717) is 0 Å². The van der Waals surface area contributed by atoms with Gasteiger partial charge in [-0.2, -0.15) is 0 Å². The lowest BCUT2D eigenvalue weighted by Gasteiger charge is -2.37. The molecule has 1 amide bonds. The highest BCUT2D eigenvalue weighted by Crippen LogP contribution is 2.36. The Labute approximate surface area is 126 Å². The average molecular weight is 319 g/mol. The molecule has 1 fully saturated rings. The molecule has 7 nitrogen and oxygen atoms in total. The van der Waals surface area contributed by atoms with Gasteiger partial charge in [-0.1, -0.05) is 20.8 Å². The van der Waals surface area contributed by atoms with Crippen LogP contribution in [0.3, 0.4) is 0 Å². The van der Waals surface area contributed by atoms with Crippen LogP contribution in [0.25, 0.3) is 0 Å². The molecule has 8 heteroatoms. The Hall–Kier alpha value is -1.12. The fourth-order valence-corrected chi connectivity index (χ4v) is 2.69. The summed E-state index contributed by atoms with van der Waals surface area (Å²) in [5.41, 5.74) is 0. The van der Waals surface area contributed by atoms with Crippen LogP contribution < -0.4 is 5.32 Å². The Kier molecular flexibility index (Phi) is 5.40. The predicted octanol–water partition coefficient (Wildman–Crippen LogP) is 1.02. The summed E-state index contributed by atoms with van der Waals surface area (Å²) < 4.78 is 15.4. The zero-order valence-electron chi connectivity index (χ0n) is 13.4. The van der Waals surface area contributed by atoms with Gasteiger partial charge in [-0.25, -0.2) is 9.59 Å². The second-order valence-electron chi connectivity index (χ2n) is 6.66. The van der Waals surface area contributed by atoms with Crippen molar-refractivity contribution in [2.24, 2.45) is 0 Å². The van der Waals surface area contributed by atoms with Crippen molar-refractivity contribution in [3.63, 3.8) is 0 Å². The number of cyclic esters (lactones) is 1. The van der Waals surface area contributed by atoms with Crippen molar-refractivity contribution in [1.29, 1.82) is 0 Å². The topological polar surface area (TPSA) is 94.1 Å². The maximum absolute atomic E-state index is 11.4. The first kappa shape index (κ1) is 17.9. The predicted molar refractivity (Wildman–Crippen MR) is 78.4 cm³/mol. The minimum atomic E-state index is -2.00. The SMILES string of the molecule is COC(=O)[C@@H](O)[C@H]1OC(=O)N[C@@H]1CO[Si](C)(C)C(C)(C)C. The number of hydrogen-bond donors (Lipinski definition) is 2. The van der Waals surface area contributed by atoms with Gasteiger partial charge in [0.15, 0.2) is 20.5 Å². The molecule has 0 aromatic heterocycles. The summed E-state index contributed by atoms with van der Waals surface area (Å²) in [5, 5.41) is 12.4. The summed E-state index contributed by atoms with van der Waals surface area (Å²) in [6, 6.07) is -0.583. The summed E-state index contributed by atoms with van der Waals surface area (Å²) in [6.07, 6.45) is -3.21. The number of carbonyl (C=O) groups is 2. The number of rotatable bonds is 5. The number of hydrogen-bond acceptors (Lipinski definition) is 6. The third kappa shape index (κ3) is 4.18. The molecule has 21 heavy (non-hydrogen) atoms. The van der Waals surface area contributed by atoms with Crippen LogP contribution >= 0.6 is 0 Å². The molecule has 1 saturated heterocycles. The minimum absolute atomic E-state index is 0.0208. The monoisotopic (exact) mass is 319 g/mol. The van der Waals surface area contributed by atoms with E-state index in [4.69, 9.17) is 9.16 Å². The average Bonchev–Trinajstić information content (AvgIpc) is 2.74. The zero-order chi connectivity index (χ0) is 16.4. The van der Waals surface area contributed by atoms with Gasteiger partial charge in [0, 0.05) is 0 Å². The fraction of sp³-hybridized carbons (Fsp3) is 0.846. The molecule has 1 aliphatic heterocycles. The molecule has 0 bridgehead atoms. The Morgan fingerprint density at radius 3 is 2.52 bits per heavy atom. The van der Waals surface area contributed by atoms with E-state index in [9.17, 15) is 14.7 Å². The number of nitrogens with one attached hydrogen (secondary N) is 1. The third-order valence-corrected chi connectivity index (χ3v) is 8.63. The first-order valence-electron chi connectivity index (χ1n) is 6.86. The first-order chi connectivity index (χ1) is 9.49. The summed E-state index contributed by atoms with van der Waals surface area (Å²) in [7, 11) is -0.835. The van der Waals surface area contributed by atoms with E-state index in [1.807, 2.05) is 0 Å². The van der Waals surface area contributed by atoms with E-state index < -0.39 is 38.6 Å². The van der Waals surface area contributed by atoms with Gasteiger partial charge in [-0.05, 0) is 18.1 Å². The first-order valence-corrected chi connectivity index (χ1v) is 9.77. The second kappa shape index (κ2) is 6.33. The number of amides is 1. The van der Waals surface area contributed by atoms with Gasteiger partial charge in [0.05, 0.1) is 19.8 Å². The van der Waals surface area contributed by atoms with Crippen molar-refractivity contribution < 1.29 is 28.6 Å². The van der Waals surface area contributed by atoms with Crippen LogP contribution in [0.4, 0.5) is 4.79 Å². The van der Waals surface area contributed by atoms with Gasteiger partial charge in [-0.15, -0.1) is 0 Å². The Bertz CT molecular complexity index is 406. The van der Waals surface area contributed by atoms with Crippen LogP contribution in [0.1, 0.15) is 20.8 Å². The molecule has 2 N–H and O–H groups in total. The van der Waals surface area contributed by atoms with Crippen molar-refractivity contribution in [1.82, 2.24) is 5.32 Å². The van der Waals surface area contributed by atoms with Crippen molar-refractivity contribution in [3.05, 3.63) is 0 Å². The molecule has 3 atom stereocenters. The van der Waals surface area contributed by atoms with Crippen LogP contribution in [-0.4, -0.2) is 57.5 Å². The van der Waals surface area contributed by atoms with E-state index in [1.165, 1.54) is 0 Å². The highest BCUT2D eigenvalue weighted by molar-refractivity contribution is 6.74. The summed E-state index contributed by atoms with van der Waals surface area (Å²) in [4.78, 5) is 22.7. The fourth-order valence-electron chi connectivity index (χ4n) is 1.66. The Morgan fingerprint density at radius 1 is 1.48 bits per heavy atom. The molecule has 0 aromatic rings. The molecule has 0 spiro atoms. The maximum Gasteiger partial charge on any atom is 0.408 e. The quantitative estimate of drug-likeness (QED) is 0.580. The number of carbonyl (C=O) groups excluding carboxylic acids is 2. The third-order valence-electron chi connectivity index (χ3n) is 4.13. The molecule has 1 aliphatic rings. The molecule has 1 heterocycles. The van der Waals surface area contributed by atoms with Gasteiger partial charge in [0.2, 0.25) is 0 Å². The molecule has 0 unspecified atom stereocenters. The van der Waals surface area contributed by atoms with E-state index >= 15 is 0 Å². The number of methoxy groups -OCH3 is 1. The van der Waals surface area contributed by atoms with E-state index in [0.717, 1.165) is 7.11 Å². The molecule has 0 aromatic carbocycles. The lowest BCUT2D eigenvalue weighted by atomic mass is 10.1. The lowest BCUT2D eigenvalue weighted by molar-refractivity contribution is -0.156. The Morgan fingerprint density at radius 2 is 2.05 bits per heavy atom. The summed E-state index contributed by atoms with van der Waals surface area (Å²) in [5.74, 6) is -0.839. The number of ether oxygens (including phenoxy) is 2. The van der Waals surface area contributed by atoms with Crippen LogP contribution in [0, 0.1) is 0 Å². The molecule has 0 aliphatic carbocycles. The zero-order valence-corrected chi connectivity index (χ0v) is 14.4. The van der Waals surface area contributed by atoms with Crippen LogP contribution in [0.5, 0.6) is 0 Å². The normalized spacial score (nSPS) is 24.2. The van der Waals surface area contributed by atoms with Crippen LogP contribution in [0.2, 0.25) is 18.1 Å². The number of aliphatic hydroxyl groups is 1. The summed E-state index contributed by atoms with van der Waals surface area (Å²) in [6.45, 7) is 10.6. The second-order valence-corrected chi connectivity index (χ2v) is 11.5. The van der Waals surface area contributed by atoms with Crippen molar-refractivity contribution in [2.45, 2.75) is 57.2 Å². The van der Waals surface area contributed by atoms with E-state index in [-0.39, 0.29) is 11.6 Å². The number of alkyl carbamates (subject to hydrolysis) is 1. The van der Waals surface area contributed by atoms with Crippen molar-refractivity contribution in [3.8, 4) is 0 Å². The smallest absolute Gasteiger partial charge is 0.408 e. The van der Waals surface area contributed by atoms with Crippen LogP contribution in [0.15, 0.2) is 0 Å². The molecule has 0 saturated carbocycles. The Balaban J connectivity index is 2.72. The van der Waals surface area contributed by atoms with Gasteiger partial charge in [0.25, 0.3) is 0 Å². The van der Waals surface area contributed by atoms with Gasteiger partial charge in [0.1, 0.15) is 0 Å². The summed E-state index contributed by atoms with van der Waals surface area (Å²) >= 11 is 0. The van der Waals surface area contributed by atoms with E-state index in [2.05, 4.69) is 43.9 Å².